The van der Waals surface area contributed by atoms with E-state index in [0.717, 1.165) is 23.3 Å². The van der Waals surface area contributed by atoms with Gasteiger partial charge in [0.2, 0.25) is 11.8 Å². The lowest BCUT2D eigenvalue weighted by atomic mass is 10.1. The molecule has 0 aliphatic carbocycles. The highest BCUT2D eigenvalue weighted by Crippen LogP contribution is 2.17. The van der Waals surface area contributed by atoms with Gasteiger partial charge >= 0.3 is 0 Å². The van der Waals surface area contributed by atoms with Crippen LogP contribution in [0.2, 0.25) is 5.02 Å². The summed E-state index contributed by atoms with van der Waals surface area (Å²) in [5.74, 6) is 0.472. The average Bonchev–Trinajstić information content (AvgIpc) is 2.71. The molecule has 0 fully saturated rings. The third kappa shape index (κ3) is 6.27. The zero-order chi connectivity index (χ0) is 20.5. The molecule has 6 heteroatoms. The van der Waals surface area contributed by atoms with Crippen molar-refractivity contribution in [3.63, 3.8) is 0 Å². The lowest BCUT2D eigenvalue weighted by Gasteiger charge is -2.29. The fourth-order valence-corrected chi connectivity index (χ4v) is 2.91. The fourth-order valence-electron chi connectivity index (χ4n) is 2.78. The summed E-state index contributed by atoms with van der Waals surface area (Å²) >= 11 is 5.96. The Balaban J connectivity index is 2.18. The normalized spacial score (nSPS) is 11.6. The Labute approximate surface area is 171 Å². The lowest BCUT2D eigenvalue weighted by Crippen LogP contribution is -2.48. The molecule has 2 aromatic carbocycles. The first kappa shape index (κ1) is 21.8. The number of benzene rings is 2. The minimum Gasteiger partial charge on any atom is -0.497 e. The van der Waals surface area contributed by atoms with Crippen molar-refractivity contribution in [2.24, 2.45) is 0 Å². The van der Waals surface area contributed by atoms with E-state index < -0.39 is 6.04 Å². The van der Waals surface area contributed by atoms with Gasteiger partial charge in [0.05, 0.1) is 13.5 Å². The molecule has 5 nitrogen and oxygen atoms in total. The summed E-state index contributed by atoms with van der Waals surface area (Å²) in [5.41, 5.74) is 1.79. The van der Waals surface area contributed by atoms with Crippen LogP contribution in [0.25, 0.3) is 0 Å². The molecule has 0 heterocycles. The third-order valence-corrected chi connectivity index (χ3v) is 4.75. The zero-order valence-electron chi connectivity index (χ0n) is 16.6. The van der Waals surface area contributed by atoms with Crippen LogP contribution in [0.4, 0.5) is 0 Å². The van der Waals surface area contributed by atoms with Crippen molar-refractivity contribution in [2.45, 2.75) is 39.3 Å². The quantitative estimate of drug-likeness (QED) is 0.693. The molecule has 28 heavy (non-hydrogen) atoms. The van der Waals surface area contributed by atoms with Gasteiger partial charge < -0.3 is 15.0 Å². The summed E-state index contributed by atoms with van der Waals surface area (Å²) in [7, 11) is 1.60. The molecule has 0 saturated heterocycles. The molecule has 0 bridgehead atoms. The number of methoxy groups -OCH3 is 1. The predicted molar refractivity (Wildman–Crippen MR) is 111 cm³/mol. The number of carbonyl (C=O) groups excluding carboxylic acids is 2. The molecule has 0 spiro atoms. The van der Waals surface area contributed by atoms with Crippen LogP contribution in [0.1, 0.15) is 31.4 Å². The topological polar surface area (TPSA) is 58.6 Å². The van der Waals surface area contributed by atoms with E-state index in [1.165, 1.54) is 0 Å². The van der Waals surface area contributed by atoms with Gasteiger partial charge in [-0.25, -0.2) is 0 Å². The summed E-state index contributed by atoms with van der Waals surface area (Å²) in [4.78, 5) is 27.1. The van der Waals surface area contributed by atoms with E-state index in [9.17, 15) is 9.59 Å². The number of ether oxygens (including phenoxy) is 1. The minimum absolute atomic E-state index is 0.112. The van der Waals surface area contributed by atoms with Crippen LogP contribution in [-0.4, -0.2) is 36.4 Å². The van der Waals surface area contributed by atoms with Crippen molar-refractivity contribution in [3.05, 3.63) is 64.7 Å². The smallest absolute Gasteiger partial charge is 0.242 e. The molecule has 0 aromatic heterocycles. The van der Waals surface area contributed by atoms with E-state index in [1.54, 1.807) is 31.1 Å². The zero-order valence-corrected chi connectivity index (χ0v) is 17.3. The molecule has 0 radical (unpaired) electrons. The standard InChI is InChI=1S/C22H27ClN2O3/c1-4-13-24-22(27)16(2)25(15-18-5-9-19(23)10-6-18)21(26)14-17-7-11-20(28-3)12-8-17/h5-12,16H,4,13-15H2,1-3H3,(H,24,27). The molecule has 0 aliphatic heterocycles. The summed E-state index contributed by atoms with van der Waals surface area (Å²) in [6, 6.07) is 14.1. The van der Waals surface area contributed by atoms with E-state index in [4.69, 9.17) is 16.3 Å². The van der Waals surface area contributed by atoms with Gasteiger partial charge in [-0.2, -0.15) is 0 Å². The van der Waals surface area contributed by atoms with Gasteiger partial charge in [0, 0.05) is 18.1 Å². The number of nitrogens with one attached hydrogen (secondary N) is 1. The molecule has 150 valence electrons. The van der Waals surface area contributed by atoms with Gasteiger partial charge in [-0.3, -0.25) is 9.59 Å². The van der Waals surface area contributed by atoms with Gasteiger partial charge in [0.25, 0.3) is 0 Å². The molecule has 1 unspecified atom stereocenters. The monoisotopic (exact) mass is 402 g/mol. The van der Waals surface area contributed by atoms with Gasteiger partial charge in [0.15, 0.2) is 0 Å². The van der Waals surface area contributed by atoms with E-state index in [0.29, 0.717) is 18.1 Å². The highest BCUT2D eigenvalue weighted by Gasteiger charge is 2.26. The van der Waals surface area contributed by atoms with Crippen LogP contribution in [0, 0.1) is 0 Å². The van der Waals surface area contributed by atoms with Crippen molar-refractivity contribution in [3.8, 4) is 5.75 Å². The largest absolute Gasteiger partial charge is 0.497 e. The fraction of sp³-hybridized carbons (Fsp3) is 0.364. The maximum absolute atomic E-state index is 13.0. The Bertz CT molecular complexity index is 775. The molecule has 0 aliphatic rings. The SMILES string of the molecule is CCCNC(=O)C(C)N(Cc1ccc(Cl)cc1)C(=O)Cc1ccc(OC)cc1. The Morgan fingerprint density at radius 2 is 1.68 bits per heavy atom. The first-order valence-corrected chi connectivity index (χ1v) is 9.77. The van der Waals surface area contributed by atoms with E-state index in [-0.39, 0.29) is 18.2 Å². The highest BCUT2D eigenvalue weighted by molar-refractivity contribution is 6.30. The van der Waals surface area contributed by atoms with Crippen LogP contribution in [0.3, 0.4) is 0 Å². The molecular weight excluding hydrogens is 376 g/mol. The number of carbonyl (C=O) groups is 2. The molecule has 0 saturated carbocycles. The molecule has 2 rings (SSSR count). The number of halogens is 1. The first-order valence-electron chi connectivity index (χ1n) is 9.39. The maximum atomic E-state index is 13.0. The van der Waals surface area contributed by atoms with Crippen LogP contribution in [0.15, 0.2) is 48.5 Å². The first-order chi connectivity index (χ1) is 13.4. The minimum atomic E-state index is -0.576. The molecule has 1 atom stereocenters. The lowest BCUT2D eigenvalue weighted by molar-refractivity contribution is -0.140. The van der Waals surface area contributed by atoms with Crippen molar-refractivity contribution in [1.82, 2.24) is 10.2 Å². The Morgan fingerprint density at radius 3 is 2.25 bits per heavy atom. The van der Waals surface area contributed by atoms with Crippen molar-refractivity contribution in [2.75, 3.05) is 13.7 Å². The molecular formula is C22H27ClN2O3. The summed E-state index contributed by atoms with van der Waals surface area (Å²) in [5, 5.41) is 3.50. The third-order valence-electron chi connectivity index (χ3n) is 4.50. The Morgan fingerprint density at radius 1 is 1.07 bits per heavy atom. The summed E-state index contributed by atoms with van der Waals surface area (Å²) in [6.45, 7) is 4.68. The van der Waals surface area contributed by atoms with E-state index >= 15 is 0 Å². The molecule has 2 aromatic rings. The van der Waals surface area contributed by atoms with E-state index in [1.807, 2.05) is 43.3 Å². The second-order valence-electron chi connectivity index (χ2n) is 6.64. The number of amides is 2. The van der Waals surface area contributed by atoms with Crippen molar-refractivity contribution < 1.29 is 14.3 Å². The number of rotatable bonds is 9. The maximum Gasteiger partial charge on any atom is 0.242 e. The van der Waals surface area contributed by atoms with Crippen LogP contribution in [-0.2, 0) is 22.6 Å². The van der Waals surface area contributed by atoms with Crippen molar-refractivity contribution in [1.29, 1.82) is 0 Å². The second kappa shape index (κ2) is 10.7. The molecule has 1 N–H and O–H groups in total. The van der Waals surface area contributed by atoms with Gasteiger partial charge in [-0.1, -0.05) is 42.8 Å². The van der Waals surface area contributed by atoms with Gasteiger partial charge in [-0.05, 0) is 48.7 Å². The summed E-state index contributed by atoms with van der Waals surface area (Å²) in [6.07, 6.45) is 1.05. The van der Waals surface area contributed by atoms with E-state index in [2.05, 4.69) is 5.32 Å². The number of nitrogens with zero attached hydrogens (tertiary/aromatic N) is 1. The summed E-state index contributed by atoms with van der Waals surface area (Å²) < 4.78 is 5.16. The van der Waals surface area contributed by atoms with Gasteiger partial charge in [0.1, 0.15) is 11.8 Å². The number of hydrogen-bond donors (Lipinski definition) is 1. The predicted octanol–water partition coefficient (Wildman–Crippen LogP) is 3.83. The average molecular weight is 403 g/mol. The number of hydrogen-bond acceptors (Lipinski definition) is 3. The second-order valence-corrected chi connectivity index (χ2v) is 7.08. The van der Waals surface area contributed by atoms with Crippen LogP contribution >= 0.6 is 11.6 Å². The van der Waals surface area contributed by atoms with Crippen LogP contribution in [0.5, 0.6) is 5.75 Å². The molecule has 2 amide bonds. The van der Waals surface area contributed by atoms with Gasteiger partial charge in [-0.15, -0.1) is 0 Å². The van der Waals surface area contributed by atoms with Crippen molar-refractivity contribution >= 4 is 23.4 Å². The highest BCUT2D eigenvalue weighted by atomic mass is 35.5. The van der Waals surface area contributed by atoms with Crippen LogP contribution < -0.4 is 10.1 Å². The Hall–Kier alpha value is -2.53. The Kier molecular flexibility index (Phi) is 8.33.